The molecule has 0 fully saturated rings. The first-order chi connectivity index (χ1) is 10.6. The highest BCUT2D eigenvalue weighted by Gasteiger charge is 2.24. The Morgan fingerprint density at radius 1 is 1.09 bits per heavy atom. The molecule has 0 spiro atoms. The maximum absolute atomic E-state index is 11.8. The second-order valence-electron chi connectivity index (χ2n) is 6.61. The molecular weight excluding hydrogens is 294 g/mol. The molecule has 2 N–H and O–H groups in total. The number of amides is 1. The number of ether oxygens (including phenoxy) is 1. The SMILES string of the molecule is CCc1cc(CC)cc(CC(NC(=O)OC(C)(C)C)C(=O)O)c1. The van der Waals surface area contributed by atoms with Gasteiger partial charge in [-0.1, -0.05) is 32.0 Å². The summed E-state index contributed by atoms with van der Waals surface area (Å²) in [5.74, 6) is -1.07. The Kier molecular flexibility index (Phi) is 6.61. The molecule has 1 aromatic carbocycles. The number of hydrogen-bond donors (Lipinski definition) is 2. The summed E-state index contributed by atoms with van der Waals surface area (Å²) >= 11 is 0. The summed E-state index contributed by atoms with van der Waals surface area (Å²) in [6.45, 7) is 9.33. The van der Waals surface area contributed by atoms with Crippen molar-refractivity contribution < 1.29 is 19.4 Å². The predicted octanol–water partition coefficient (Wildman–Crippen LogP) is 3.33. The third kappa shape index (κ3) is 6.72. The van der Waals surface area contributed by atoms with Crippen LogP contribution in [0.4, 0.5) is 4.79 Å². The Morgan fingerprint density at radius 2 is 1.57 bits per heavy atom. The standard InChI is InChI=1S/C18H27NO4/c1-6-12-8-13(7-2)10-14(9-12)11-15(16(20)21)19-17(22)23-18(3,4)5/h8-10,15H,6-7,11H2,1-5H3,(H,19,22)(H,20,21). The van der Waals surface area contributed by atoms with Gasteiger partial charge in [0.2, 0.25) is 0 Å². The third-order valence-corrected chi connectivity index (χ3v) is 3.36. The maximum Gasteiger partial charge on any atom is 0.408 e. The van der Waals surface area contributed by atoms with Gasteiger partial charge in [-0.2, -0.15) is 0 Å². The van der Waals surface area contributed by atoms with Gasteiger partial charge in [0, 0.05) is 6.42 Å². The molecule has 0 saturated carbocycles. The molecule has 1 amide bonds. The third-order valence-electron chi connectivity index (χ3n) is 3.36. The van der Waals surface area contributed by atoms with Crippen molar-refractivity contribution in [2.24, 2.45) is 0 Å². The fourth-order valence-electron chi connectivity index (χ4n) is 2.25. The number of hydrogen-bond acceptors (Lipinski definition) is 3. The van der Waals surface area contributed by atoms with Crippen LogP contribution in [-0.4, -0.2) is 28.8 Å². The van der Waals surface area contributed by atoms with E-state index in [4.69, 9.17) is 4.74 Å². The van der Waals surface area contributed by atoms with E-state index in [0.29, 0.717) is 0 Å². The highest BCUT2D eigenvalue weighted by atomic mass is 16.6. The van der Waals surface area contributed by atoms with Crippen LogP contribution in [0.1, 0.15) is 51.3 Å². The molecule has 0 aromatic heterocycles. The van der Waals surface area contributed by atoms with Crippen LogP contribution in [0.3, 0.4) is 0 Å². The lowest BCUT2D eigenvalue weighted by Crippen LogP contribution is -2.44. The summed E-state index contributed by atoms with van der Waals surface area (Å²) in [7, 11) is 0. The van der Waals surface area contributed by atoms with Crippen LogP contribution < -0.4 is 5.32 Å². The van der Waals surface area contributed by atoms with Gasteiger partial charge in [-0.3, -0.25) is 0 Å². The van der Waals surface area contributed by atoms with E-state index in [1.807, 2.05) is 12.1 Å². The van der Waals surface area contributed by atoms with Gasteiger partial charge in [0.05, 0.1) is 0 Å². The number of aryl methyl sites for hydroxylation is 2. The molecule has 23 heavy (non-hydrogen) atoms. The predicted molar refractivity (Wildman–Crippen MR) is 89.7 cm³/mol. The van der Waals surface area contributed by atoms with Gasteiger partial charge in [0.15, 0.2) is 0 Å². The van der Waals surface area contributed by atoms with Gasteiger partial charge in [-0.15, -0.1) is 0 Å². The quantitative estimate of drug-likeness (QED) is 0.842. The number of aliphatic carboxylic acids is 1. The molecule has 1 atom stereocenters. The summed E-state index contributed by atoms with van der Waals surface area (Å²) in [6.07, 6.45) is 1.29. The lowest BCUT2D eigenvalue weighted by molar-refractivity contribution is -0.139. The molecular formula is C18H27NO4. The number of carboxylic acid groups (broad SMARTS) is 1. The smallest absolute Gasteiger partial charge is 0.408 e. The van der Waals surface area contributed by atoms with E-state index in [9.17, 15) is 14.7 Å². The van der Waals surface area contributed by atoms with Crippen molar-refractivity contribution in [1.82, 2.24) is 5.32 Å². The van der Waals surface area contributed by atoms with Gasteiger partial charge in [-0.05, 0) is 50.3 Å². The zero-order valence-corrected chi connectivity index (χ0v) is 14.6. The van der Waals surface area contributed by atoms with E-state index in [1.165, 1.54) is 11.1 Å². The minimum Gasteiger partial charge on any atom is -0.480 e. The van der Waals surface area contributed by atoms with E-state index in [1.54, 1.807) is 20.8 Å². The molecule has 0 aliphatic carbocycles. The topological polar surface area (TPSA) is 75.6 Å². The van der Waals surface area contributed by atoms with E-state index in [2.05, 4.69) is 25.2 Å². The fraction of sp³-hybridized carbons (Fsp3) is 0.556. The molecule has 0 aliphatic rings. The lowest BCUT2D eigenvalue weighted by Gasteiger charge is -2.22. The molecule has 5 heteroatoms. The average molecular weight is 321 g/mol. The molecule has 0 bridgehead atoms. The zero-order valence-electron chi connectivity index (χ0n) is 14.6. The molecule has 1 unspecified atom stereocenters. The normalized spacial score (nSPS) is 12.6. The van der Waals surface area contributed by atoms with E-state index < -0.39 is 23.7 Å². The lowest BCUT2D eigenvalue weighted by atomic mass is 9.98. The number of nitrogens with one attached hydrogen (secondary N) is 1. The van der Waals surface area contributed by atoms with Crippen molar-refractivity contribution in [2.75, 3.05) is 0 Å². The van der Waals surface area contributed by atoms with Crippen LogP contribution in [0.25, 0.3) is 0 Å². The van der Waals surface area contributed by atoms with Crippen LogP contribution in [0.15, 0.2) is 18.2 Å². The van der Waals surface area contributed by atoms with Gasteiger partial charge >= 0.3 is 12.1 Å². The molecule has 0 heterocycles. The summed E-state index contributed by atoms with van der Waals surface area (Å²) in [4.78, 5) is 23.3. The van der Waals surface area contributed by atoms with Crippen LogP contribution >= 0.6 is 0 Å². The fourth-order valence-corrected chi connectivity index (χ4v) is 2.25. The number of carbonyl (C=O) groups is 2. The van der Waals surface area contributed by atoms with Crippen LogP contribution in [0.2, 0.25) is 0 Å². The van der Waals surface area contributed by atoms with Crippen molar-refractivity contribution in [3.63, 3.8) is 0 Å². The average Bonchev–Trinajstić information content (AvgIpc) is 2.43. The highest BCUT2D eigenvalue weighted by molar-refractivity contribution is 5.80. The highest BCUT2D eigenvalue weighted by Crippen LogP contribution is 2.14. The Labute approximate surface area is 138 Å². The first kappa shape index (κ1) is 19.0. The van der Waals surface area contributed by atoms with E-state index in [-0.39, 0.29) is 6.42 Å². The molecule has 5 nitrogen and oxygen atoms in total. The Bertz CT molecular complexity index is 538. The largest absolute Gasteiger partial charge is 0.480 e. The Morgan fingerprint density at radius 3 is 1.96 bits per heavy atom. The monoisotopic (exact) mass is 321 g/mol. The number of carbonyl (C=O) groups excluding carboxylic acids is 1. The summed E-state index contributed by atoms with van der Waals surface area (Å²) in [5, 5.41) is 11.8. The Balaban J connectivity index is 2.88. The number of benzene rings is 1. The number of alkyl carbamates (subject to hydrolysis) is 1. The molecule has 0 aliphatic heterocycles. The van der Waals surface area contributed by atoms with Crippen LogP contribution in [0, 0.1) is 0 Å². The van der Waals surface area contributed by atoms with E-state index in [0.717, 1.165) is 18.4 Å². The summed E-state index contributed by atoms with van der Waals surface area (Å²) in [5.41, 5.74) is 2.58. The molecule has 1 aromatic rings. The Hall–Kier alpha value is -2.04. The minimum atomic E-state index is -1.07. The number of carboxylic acids is 1. The molecule has 128 valence electrons. The van der Waals surface area contributed by atoms with Gasteiger partial charge < -0.3 is 15.2 Å². The first-order valence-corrected chi connectivity index (χ1v) is 7.98. The zero-order chi connectivity index (χ0) is 17.6. The van der Waals surface area contributed by atoms with Gasteiger partial charge in [0.1, 0.15) is 11.6 Å². The molecule has 0 saturated heterocycles. The van der Waals surface area contributed by atoms with Gasteiger partial charge in [-0.25, -0.2) is 9.59 Å². The van der Waals surface area contributed by atoms with Crippen molar-refractivity contribution in [3.05, 3.63) is 34.9 Å². The first-order valence-electron chi connectivity index (χ1n) is 7.98. The van der Waals surface area contributed by atoms with Gasteiger partial charge in [0.25, 0.3) is 0 Å². The van der Waals surface area contributed by atoms with Crippen LogP contribution in [-0.2, 0) is 28.8 Å². The molecule has 0 radical (unpaired) electrons. The number of rotatable bonds is 6. The summed E-state index contributed by atoms with van der Waals surface area (Å²) < 4.78 is 5.13. The van der Waals surface area contributed by atoms with Crippen LogP contribution in [0.5, 0.6) is 0 Å². The minimum absolute atomic E-state index is 0.232. The van der Waals surface area contributed by atoms with Crippen molar-refractivity contribution in [3.8, 4) is 0 Å². The second kappa shape index (κ2) is 7.99. The van der Waals surface area contributed by atoms with Crippen molar-refractivity contribution in [1.29, 1.82) is 0 Å². The van der Waals surface area contributed by atoms with Crippen molar-refractivity contribution in [2.45, 2.75) is 65.5 Å². The van der Waals surface area contributed by atoms with Crippen molar-refractivity contribution >= 4 is 12.1 Å². The van der Waals surface area contributed by atoms with E-state index >= 15 is 0 Å². The second-order valence-corrected chi connectivity index (χ2v) is 6.61. The maximum atomic E-state index is 11.8. The summed E-state index contributed by atoms with van der Waals surface area (Å²) in [6, 6.07) is 5.10. The molecule has 1 rings (SSSR count).